The lowest BCUT2D eigenvalue weighted by atomic mass is 10.3. The summed E-state index contributed by atoms with van der Waals surface area (Å²) in [5.41, 5.74) is 1.54. The Morgan fingerprint density at radius 3 is 2.08 bits per heavy atom. The first-order chi connectivity index (χ1) is 11.2. The van der Waals surface area contributed by atoms with Crippen LogP contribution in [0.2, 0.25) is 0 Å². The highest BCUT2D eigenvalue weighted by atomic mass is 32.2. The van der Waals surface area contributed by atoms with Crippen LogP contribution in [-0.2, 0) is 10.0 Å². The van der Waals surface area contributed by atoms with Crippen molar-refractivity contribution in [3.8, 4) is 5.75 Å². The summed E-state index contributed by atoms with van der Waals surface area (Å²) in [5.74, 6) is 1.16. The van der Waals surface area contributed by atoms with E-state index in [0.717, 1.165) is 0 Å². The molecule has 2 aromatic rings. The highest BCUT2D eigenvalue weighted by molar-refractivity contribution is 7.92. The minimum atomic E-state index is -3.72. The summed E-state index contributed by atoms with van der Waals surface area (Å²) in [6.07, 6.45) is 0. The molecule has 1 aromatic carbocycles. The zero-order valence-corrected chi connectivity index (χ0v) is 15.3. The van der Waals surface area contributed by atoms with Crippen molar-refractivity contribution in [1.29, 1.82) is 0 Å². The van der Waals surface area contributed by atoms with E-state index in [2.05, 4.69) is 14.7 Å². The van der Waals surface area contributed by atoms with E-state index < -0.39 is 10.0 Å². The number of hydrogen-bond donors (Lipinski definition) is 1. The van der Waals surface area contributed by atoms with Gasteiger partial charge in [-0.2, -0.15) is 0 Å². The fourth-order valence-corrected chi connectivity index (χ4v) is 3.30. The molecule has 0 bridgehead atoms. The summed E-state index contributed by atoms with van der Waals surface area (Å²) in [6.45, 7) is 5.89. The second-order valence-electron chi connectivity index (χ2n) is 5.47. The van der Waals surface area contributed by atoms with Gasteiger partial charge in [-0.25, -0.2) is 18.4 Å². The zero-order chi connectivity index (χ0) is 17.9. The predicted octanol–water partition coefficient (Wildman–Crippen LogP) is 2.36. The average molecular weight is 350 g/mol. The SMILES string of the molecule is CCOc1ccc(S(=O)(=O)Nc2c(C)nc(N(C)C)nc2C)cc1. The number of anilines is 2. The first-order valence-corrected chi connectivity index (χ1v) is 9.01. The number of nitrogens with zero attached hydrogens (tertiary/aromatic N) is 3. The molecule has 0 spiro atoms. The number of hydrogen-bond acceptors (Lipinski definition) is 6. The fourth-order valence-electron chi connectivity index (χ4n) is 2.12. The van der Waals surface area contributed by atoms with E-state index in [-0.39, 0.29) is 4.90 Å². The van der Waals surface area contributed by atoms with Gasteiger partial charge in [-0.15, -0.1) is 0 Å². The van der Waals surface area contributed by atoms with Crippen molar-refractivity contribution in [2.24, 2.45) is 0 Å². The van der Waals surface area contributed by atoms with Crippen LogP contribution in [0, 0.1) is 13.8 Å². The number of sulfonamides is 1. The monoisotopic (exact) mass is 350 g/mol. The highest BCUT2D eigenvalue weighted by Crippen LogP contribution is 2.24. The lowest BCUT2D eigenvalue weighted by Crippen LogP contribution is -2.18. The molecule has 1 N–H and O–H groups in total. The molecular weight excluding hydrogens is 328 g/mol. The topological polar surface area (TPSA) is 84.4 Å². The van der Waals surface area contributed by atoms with Crippen molar-refractivity contribution in [2.75, 3.05) is 30.3 Å². The molecule has 8 heteroatoms. The van der Waals surface area contributed by atoms with Gasteiger partial charge in [-0.05, 0) is 45.0 Å². The zero-order valence-electron chi connectivity index (χ0n) is 14.5. The van der Waals surface area contributed by atoms with Gasteiger partial charge in [-0.3, -0.25) is 4.72 Å². The van der Waals surface area contributed by atoms with Crippen molar-refractivity contribution in [1.82, 2.24) is 9.97 Å². The van der Waals surface area contributed by atoms with E-state index in [0.29, 0.717) is 35.4 Å². The Balaban J connectivity index is 2.32. The van der Waals surface area contributed by atoms with Gasteiger partial charge < -0.3 is 9.64 Å². The molecule has 0 amide bonds. The molecule has 1 heterocycles. The van der Waals surface area contributed by atoms with E-state index in [1.807, 2.05) is 21.0 Å². The van der Waals surface area contributed by atoms with Gasteiger partial charge in [0.2, 0.25) is 5.95 Å². The van der Waals surface area contributed by atoms with Crippen molar-refractivity contribution in [3.05, 3.63) is 35.7 Å². The molecule has 0 saturated carbocycles. The van der Waals surface area contributed by atoms with Crippen LogP contribution in [0.3, 0.4) is 0 Å². The van der Waals surface area contributed by atoms with E-state index in [4.69, 9.17) is 4.74 Å². The van der Waals surface area contributed by atoms with Crippen LogP contribution in [0.4, 0.5) is 11.6 Å². The van der Waals surface area contributed by atoms with Gasteiger partial charge >= 0.3 is 0 Å². The molecular formula is C16H22N4O3S. The van der Waals surface area contributed by atoms with Gasteiger partial charge in [-0.1, -0.05) is 0 Å². The molecule has 0 aliphatic carbocycles. The lowest BCUT2D eigenvalue weighted by molar-refractivity contribution is 0.340. The Hall–Kier alpha value is -2.35. The van der Waals surface area contributed by atoms with Crippen molar-refractivity contribution in [2.45, 2.75) is 25.7 Å². The van der Waals surface area contributed by atoms with Gasteiger partial charge in [0.05, 0.1) is 28.6 Å². The van der Waals surface area contributed by atoms with Crippen molar-refractivity contribution < 1.29 is 13.2 Å². The molecule has 0 saturated heterocycles. The molecule has 2 rings (SSSR count). The molecule has 0 fully saturated rings. The van der Waals surface area contributed by atoms with Crippen LogP contribution in [-0.4, -0.2) is 39.1 Å². The molecule has 0 aliphatic heterocycles. The Bertz CT molecular complexity index is 795. The van der Waals surface area contributed by atoms with Crippen LogP contribution in [0.5, 0.6) is 5.75 Å². The normalized spacial score (nSPS) is 11.2. The molecule has 1 aromatic heterocycles. The summed E-state index contributed by atoms with van der Waals surface area (Å²) in [7, 11) is -0.0596. The van der Waals surface area contributed by atoms with Gasteiger partial charge in [0, 0.05) is 14.1 Å². The van der Waals surface area contributed by atoms with Crippen LogP contribution in [0.1, 0.15) is 18.3 Å². The number of rotatable bonds is 6. The third-order valence-corrected chi connectivity index (χ3v) is 4.71. The number of aromatic nitrogens is 2. The maximum atomic E-state index is 12.6. The van der Waals surface area contributed by atoms with E-state index in [1.54, 1.807) is 30.9 Å². The summed E-state index contributed by atoms with van der Waals surface area (Å²) in [6, 6.07) is 6.27. The summed E-state index contributed by atoms with van der Waals surface area (Å²) < 4.78 is 33.1. The van der Waals surface area contributed by atoms with Gasteiger partial charge in [0.25, 0.3) is 10.0 Å². The average Bonchev–Trinajstić information content (AvgIpc) is 2.51. The molecule has 0 atom stereocenters. The Kier molecular flexibility index (Phi) is 5.28. The fraction of sp³-hybridized carbons (Fsp3) is 0.375. The highest BCUT2D eigenvalue weighted by Gasteiger charge is 2.19. The summed E-state index contributed by atoms with van der Waals surface area (Å²) >= 11 is 0. The summed E-state index contributed by atoms with van der Waals surface area (Å²) in [4.78, 5) is 10.6. The molecule has 24 heavy (non-hydrogen) atoms. The molecule has 0 radical (unpaired) electrons. The van der Waals surface area contributed by atoms with E-state index in [1.165, 1.54) is 12.1 Å². The van der Waals surface area contributed by atoms with Crippen molar-refractivity contribution >= 4 is 21.7 Å². The Morgan fingerprint density at radius 2 is 1.62 bits per heavy atom. The smallest absolute Gasteiger partial charge is 0.262 e. The second-order valence-corrected chi connectivity index (χ2v) is 7.16. The third kappa shape index (κ3) is 3.94. The lowest BCUT2D eigenvalue weighted by Gasteiger charge is -2.16. The molecule has 0 unspecified atom stereocenters. The third-order valence-electron chi connectivity index (χ3n) is 3.34. The van der Waals surface area contributed by atoms with E-state index in [9.17, 15) is 8.42 Å². The number of aryl methyl sites for hydroxylation is 2. The minimum Gasteiger partial charge on any atom is -0.494 e. The first-order valence-electron chi connectivity index (χ1n) is 7.53. The first kappa shape index (κ1) is 18.0. The largest absolute Gasteiger partial charge is 0.494 e. The quantitative estimate of drug-likeness (QED) is 0.861. The minimum absolute atomic E-state index is 0.154. The maximum absolute atomic E-state index is 12.6. The number of ether oxygens (including phenoxy) is 1. The second kappa shape index (κ2) is 7.04. The number of benzene rings is 1. The summed E-state index contributed by atoms with van der Waals surface area (Å²) in [5, 5.41) is 0. The molecule has 7 nitrogen and oxygen atoms in total. The maximum Gasteiger partial charge on any atom is 0.262 e. The Labute approximate surface area is 142 Å². The molecule has 130 valence electrons. The number of nitrogens with one attached hydrogen (secondary N) is 1. The van der Waals surface area contributed by atoms with Gasteiger partial charge in [0.15, 0.2) is 0 Å². The van der Waals surface area contributed by atoms with Crippen LogP contribution < -0.4 is 14.4 Å². The molecule has 0 aliphatic rings. The van der Waals surface area contributed by atoms with Gasteiger partial charge in [0.1, 0.15) is 5.75 Å². The Morgan fingerprint density at radius 1 is 1.08 bits per heavy atom. The standard InChI is InChI=1S/C16H22N4O3S/c1-6-23-13-7-9-14(10-8-13)24(21,22)19-15-11(2)17-16(20(4)5)18-12(15)3/h7-10,19H,6H2,1-5H3. The van der Waals surface area contributed by atoms with Crippen LogP contribution >= 0.6 is 0 Å². The van der Waals surface area contributed by atoms with Crippen LogP contribution in [0.25, 0.3) is 0 Å². The van der Waals surface area contributed by atoms with E-state index >= 15 is 0 Å². The predicted molar refractivity (Wildman–Crippen MR) is 94.3 cm³/mol. The van der Waals surface area contributed by atoms with Crippen molar-refractivity contribution in [3.63, 3.8) is 0 Å². The van der Waals surface area contributed by atoms with Crippen LogP contribution in [0.15, 0.2) is 29.2 Å².